The number of aromatic nitrogens is 1. The predicted molar refractivity (Wildman–Crippen MR) is 90.0 cm³/mol. The van der Waals surface area contributed by atoms with Crippen molar-refractivity contribution in [3.8, 4) is 17.7 Å². The number of ether oxygens (including phenoxy) is 1. The van der Waals surface area contributed by atoms with Crippen molar-refractivity contribution in [3.05, 3.63) is 53.7 Å². The van der Waals surface area contributed by atoms with Crippen LogP contribution in [-0.2, 0) is 6.18 Å². The molecule has 0 atom stereocenters. The van der Waals surface area contributed by atoms with Gasteiger partial charge < -0.3 is 10.1 Å². The van der Waals surface area contributed by atoms with Gasteiger partial charge in [-0.15, -0.1) is 0 Å². The van der Waals surface area contributed by atoms with Crippen LogP contribution in [-0.4, -0.2) is 16.4 Å². The number of hydrogen-bond donors (Lipinski definition) is 1. The Morgan fingerprint density at radius 1 is 1.15 bits per heavy atom. The Hall–Kier alpha value is -3.08. The quantitative estimate of drug-likeness (QED) is 0.856. The Labute approximate surface area is 153 Å². The van der Waals surface area contributed by atoms with Crippen molar-refractivity contribution in [3.63, 3.8) is 0 Å². The van der Waals surface area contributed by atoms with Crippen molar-refractivity contribution in [2.75, 3.05) is 0 Å². The summed E-state index contributed by atoms with van der Waals surface area (Å²) in [6.07, 6.45) is -0.686. The number of carbonyl (C=O) groups excluding carboxylic acids is 1. The molecule has 0 bridgehead atoms. The molecule has 140 valence electrons. The van der Waals surface area contributed by atoms with Crippen LogP contribution in [0.25, 0.3) is 0 Å². The Kier molecular flexibility index (Phi) is 5.04. The van der Waals surface area contributed by atoms with Crippen LogP contribution in [0.4, 0.5) is 13.2 Å². The van der Waals surface area contributed by atoms with Crippen LogP contribution >= 0.6 is 0 Å². The molecule has 1 aliphatic rings. The summed E-state index contributed by atoms with van der Waals surface area (Å²) in [5.41, 5.74) is -1.30. The first-order chi connectivity index (χ1) is 12.8. The van der Waals surface area contributed by atoms with E-state index in [-0.39, 0.29) is 11.8 Å². The summed E-state index contributed by atoms with van der Waals surface area (Å²) in [6.45, 7) is 0. The second kappa shape index (κ2) is 7.27. The molecular weight excluding hydrogens is 359 g/mol. The van der Waals surface area contributed by atoms with Gasteiger partial charge in [0.05, 0.1) is 11.6 Å². The Balaban J connectivity index is 1.65. The van der Waals surface area contributed by atoms with Gasteiger partial charge in [-0.3, -0.25) is 4.79 Å². The molecule has 3 rings (SSSR count). The van der Waals surface area contributed by atoms with Gasteiger partial charge >= 0.3 is 6.18 Å². The molecule has 1 heterocycles. The van der Waals surface area contributed by atoms with E-state index in [9.17, 15) is 23.2 Å². The Morgan fingerprint density at radius 2 is 1.81 bits per heavy atom. The number of rotatable bonds is 4. The van der Waals surface area contributed by atoms with Crippen molar-refractivity contribution in [1.29, 1.82) is 5.26 Å². The van der Waals surface area contributed by atoms with Crippen molar-refractivity contribution >= 4 is 5.91 Å². The summed E-state index contributed by atoms with van der Waals surface area (Å²) >= 11 is 0. The smallest absolute Gasteiger partial charge is 0.417 e. The molecule has 5 nitrogen and oxygen atoms in total. The number of hydrogen-bond acceptors (Lipinski definition) is 4. The molecule has 0 saturated heterocycles. The average molecular weight is 375 g/mol. The third-order valence-corrected chi connectivity index (χ3v) is 4.43. The lowest BCUT2D eigenvalue weighted by molar-refractivity contribution is -0.137. The van der Waals surface area contributed by atoms with Crippen LogP contribution in [0.2, 0.25) is 0 Å². The van der Waals surface area contributed by atoms with Crippen LogP contribution in [0.15, 0.2) is 42.6 Å². The maximum absolute atomic E-state index is 12.5. The van der Waals surface area contributed by atoms with Gasteiger partial charge in [-0.25, -0.2) is 4.98 Å². The van der Waals surface area contributed by atoms with Crippen LogP contribution in [0.1, 0.15) is 41.6 Å². The summed E-state index contributed by atoms with van der Waals surface area (Å²) in [7, 11) is 0. The fourth-order valence-corrected chi connectivity index (χ4v) is 2.94. The van der Waals surface area contributed by atoms with Gasteiger partial charge in [0.15, 0.2) is 0 Å². The number of nitrogens with one attached hydrogen (secondary N) is 1. The van der Waals surface area contributed by atoms with Gasteiger partial charge in [0.25, 0.3) is 5.91 Å². The number of pyridine rings is 1. The molecule has 0 unspecified atom stereocenters. The molecule has 0 radical (unpaired) electrons. The molecule has 2 aromatic rings. The van der Waals surface area contributed by atoms with Crippen molar-refractivity contribution < 1.29 is 22.7 Å². The zero-order chi connectivity index (χ0) is 19.5. The minimum Gasteiger partial charge on any atom is -0.439 e. The monoisotopic (exact) mass is 375 g/mol. The number of amides is 1. The van der Waals surface area contributed by atoms with Gasteiger partial charge in [-0.2, -0.15) is 18.4 Å². The molecule has 8 heteroatoms. The summed E-state index contributed by atoms with van der Waals surface area (Å²) in [5.74, 6) is -0.0121. The molecule has 0 aliphatic heterocycles. The van der Waals surface area contributed by atoms with E-state index in [1.165, 1.54) is 24.3 Å². The van der Waals surface area contributed by atoms with E-state index < -0.39 is 17.3 Å². The van der Waals surface area contributed by atoms with E-state index in [1.54, 1.807) is 0 Å². The fraction of sp³-hybridized carbons (Fsp3) is 0.316. The third-order valence-electron chi connectivity index (χ3n) is 4.43. The highest BCUT2D eigenvalue weighted by Gasteiger charge is 2.35. The molecular formula is C19H16F3N3O2. The number of carbonyl (C=O) groups is 1. The second-order valence-electron chi connectivity index (χ2n) is 6.36. The molecule has 27 heavy (non-hydrogen) atoms. The van der Waals surface area contributed by atoms with Gasteiger partial charge in [0.2, 0.25) is 5.88 Å². The van der Waals surface area contributed by atoms with E-state index in [0.29, 0.717) is 30.4 Å². The van der Waals surface area contributed by atoms with E-state index in [4.69, 9.17) is 4.74 Å². The van der Waals surface area contributed by atoms with Crippen LogP contribution in [0.3, 0.4) is 0 Å². The predicted octanol–water partition coefficient (Wildman–Crippen LogP) is 4.46. The molecule has 1 N–H and O–H groups in total. The van der Waals surface area contributed by atoms with E-state index in [1.807, 2.05) is 0 Å². The van der Waals surface area contributed by atoms with Crippen molar-refractivity contribution in [2.45, 2.75) is 37.4 Å². The average Bonchev–Trinajstić information content (AvgIpc) is 3.11. The van der Waals surface area contributed by atoms with Crippen molar-refractivity contribution in [1.82, 2.24) is 10.3 Å². The van der Waals surface area contributed by atoms with Crippen LogP contribution in [0.5, 0.6) is 11.6 Å². The lowest BCUT2D eigenvalue weighted by Gasteiger charge is -2.22. The fourth-order valence-electron chi connectivity index (χ4n) is 2.94. The third kappa shape index (κ3) is 4.37. The summed E-state index contributed by atoms with van der Waals surface area (Å²) in [4.78, 5) is 16.0. The number of nitrogens with zero attached hydrogens (tertiary/aromatic N) is 2. The molecule has 1 aromatic heterocycles. The largest absolute Gasteiger partial charge is 0.439 e. The number of halogens is 3. The van der Waals surface area contributed by atoms with E-state index in [2.05, 4.69) is 16.4 Å². The zero-order valence-corrected chi connectivity index (χ0v) is 14.2. The van der Waals surface area contributed by atoms with Crippen molar-refractivity contribution in [2.24, 2.45) is 0 Å². The summed E-state index contributed by atoms with van der Waals surface area (Å²) in [6, 6.07) is 10.3. The maximum atomic E-state index is 12.5. The number of alkyl halides is 3. The first kappa shape index (κ1) is 18.7. The number of benzene rings is 1. The molecule has 1 aromatic carbocycles. The highest BCUT2D eigenvalue weighted by atomic mass is 19.4. The van der Waals surface area contributed by atoms with Gasteiger partial charge in [-0.05, 0) is 56.0 Å². The minimum atomic E-state index is -4.46. The SMILES string of the molecule is N#CC1(NC(=O)c2ccc(Oc3ccc(C(F)(F)F)cn3)cc2)CCCC1. The van der Waals surface area contributed by atoms with Crippen LogP contribution in [0, 0.1) is 11.3 Å². The number of nitriles is 1. The first-order valence-electron chi connectivity index (χ1n) is 8.36. The zero-order valence-electron chi connectivity index (χ0n) is 14.2. The topological polar surface area (TPSA) is 75.0 Å². The Morgan fingerprint density at radius 3 is 2.33 bits per heavy atom. The van der Waals surface area contributed by atoms with Gasteiger partial charge in [-0.1, -0.05) is 0 Å². The molecule has 1 fully saturated rings. The lowest BCUT2D eigenvalue weighted by atomic mass is 9.99. The summed E-state index contributed by atoms with van der Waals surface area (Å²) in [5, 5.41) is 12.1. The van der Waals surface area contributed by atoms with Gasteiger partial charge in [0.1, 0.15) is 11.3 Å². The lowest BCUT2D eigenvalue weighted by Crippen LogP contribution is -2.45. The normalized spacial score (nSPS) is 15.8. The van der Waals surface area contributed by atoms with Crippen LogP contribution < -0.4 is 10.1 Å². The molecule has 0 spiro atoms. The highest BCUT2D eigenvalue weighted by molar-refractivity contribution is 5.95. The van der Waals surface area contributed by atoms with E-state index in [0.717, 1.165) is 25.0 Å². The first-order valence-corrected chi connectivity index (χ1v) is 8.36. The van der Waals surface area contributed by atoms with E-state index >= 15 is 0 Å². The maximum Gasteiger partial charge on any atom is 0.417 e. The van der Waals surface area contributed by atoms with Gasteiger partial charge in [0, 0.05) is 17.8 Å². The molecule has 1 aliphatic carbocycles. The standard InChI is InChI=1S/C19H16F3N3O2/c20-19(21,22)14-5-8-16(24-11-14)27-15-6-3-13(4-7-15)17(26)25-18(12-23)9-1-2-10-18/h3-8,11H,1-2,9-10H2,(H,25,26). The Bertz CT molecular complexity index is 850. The molecule has 1 amide bonds. The molecule has 1 saturated carbocycles. The summed E-state index contributed by atoms with van der Waals surface area (Å²) < 4.78 is 43.0. The minimum absolute atomic E-state index is 0.00888. The highest BCUT2D eigenvalue weighted by Crippen LogP contribution is 2.31. The second-order valence-corrected chi connectivity index (χ2v) is 6.36.